The summed E-state index contributed by atoms with van der Waals surface area (Å²) in [7, 11) is 0. The number of carbonyl (C=O) groups excluding carboxylic acids is 1. The first-order valence-corrected chi connectivity index (χ1v) is 9.19. The van der Waals surface area contributed by atoms with Gasteiger partial charge in [0.2, 0.25) is 0 Å². The first-order valence-electron chi connectivity index (χ1n) is 8.39. The Morgan fingerprint density at radius 1 is 1.04 bits per heavy atom. The second-order valence-electron chi connectivity index (χ2n) is 6.22. The van der Waals surface area contributed by atoms with Gasteiger partial charge in [0.15, 0.2) is 0 Å². The zero-order valence-electron chi connectivity index (χ0n) is 13.7. The van der Waals surface area contributed by atoms with Gasteiger partial charge in [0.25, 0.3) is 5.91 Å². The zero-order valence-corrected chi connectivity index (χ0v) is 15.2. The molecule has 2 aromatic carbocycles. The Morgan fingerprint density at radius 3 is 2.42 bits per heavy atom. The number of amides is 1. The van der Waals surface area contributed by atoms with Gasteiger partial charge in [-0.05, 0) is 52.4 Å². The molecule has 0 unspecified atom stereocenters. The van der Waals surface area contributed by atoms with Crippen molar-refractivity contribution in [3.8, 4) is 0 Å². The number of benzene rings is 2. The van der Waals surface area contributed by atoms with Gasteiger partial charge in [-0.3, -0.25) is 4.79 Å². The summed E-state index contributed by atoms with van der Waals surface area (Å²) in [5.41, 5.74) is 1.95. The fourth-order valence-corrected chi connectivity index (χ4v) is 3.48. The highest BCUT2D eigenvalue weighted by molar-refractivity contribution is 9.10. The third-order valence-corrected chi connectivity index (χ3v) is 5.16. The number of rotatable bonds is 5. The number of nitrogens with zero attached hydrogens (tertiary/aromatic N) is 1. The zero-order chi connectivity index (χ0) is 16.8. The smallest absolute Gasteiger partial charge is 0.254 e. The topological polar surface area (TPSA) is 29.5 Å². The van der Waals surface area contributed by atoms with Crippen LogP contribution in [0.1, 0.15) is 28.8 Å². The molecule has 0 saturated carbocycles. The minimum Gasteiger partial charge on any atom is -0.376 e. The summed E-state index contributed by atoms with van der Waals surface area (Å²) in [5.74, 6) is 0.656. The van der Waals surface area contributed by atoms with E-state index in [0.717, 1.165) is 42.6 Å². The third-order valence-electron chi connectivity index (χ3n) is 4.47. The van der Waals surface area contributed by atoms with Crippen LogP contribution in [-0.4, -0.2) is 30.5 Å². The Balaban J connectivity index is 1.44. The summed E-state index contributed by atoms with van der Waals surface area (Å²) < 4.78 is 6.71. The highest BCUT2D eigenvalue weighted by Crippen LogP contribution is 2.23. The van der Waals surface area contributed by atoms with E-state index in [9.17, 15) is 4.79 Å². The molecule has 0 aromatic heterocycles. The number of carbonyl (C=O) groups is 1. The molecular weight excluding hydrogens is 366 g/mol. The first-order chi connectivity index (χ1) is 11.7. The quantitative estimate of drug-likeness (QED) is 0.754. The van der Waals surface area contributed by atoms with Crippen LogP contribution in [0.3, 0.4) is 0 Å². The molecule has 3 nitrogen and oxygen atoms in total. The molecule has 1 aliphatic rings. The number of piperidine rings is 1. The standard InChI is InChI=1S/C20H22BrNO2/c21-19-9-5-4-8-18(19)20(23)22-12-10-17(11-13-22)15-24-14-16-6-2-1-3-7-16/h1-9,17H,10-15H2. The van der Waals surface area contributed by atoms with Crippen molar-refractivity contribution < 1.29 is 9.53 Å². The molecule has 24 heavy (non-hydrogen) atoms. The molecule has 1 heterocycles. The fourth-order valence-electron chi connectivity index (χ4n) is 3.03. The van der Waals surface area contributed by atoms with Crippen LogP contribution in [0.4, 0.5) is 0 Å². The molecule has 1 fully saturated rings. The van der Waals surface area contributed by atoms with Crippen molar-refractivity contribution in [1.29, 1.82) is 0 Å². The number of ether oxygens (including phenoxy) is 1. The molecule has 2 aromatic rings. The summed E-state index contributed by atoms with van der Waals surface area (Å²) in [4.78, 5) is 14.5. The molecule has 0 bridgehead atoms. The molecular formula is C20H22BrNO2. The molecule has 1 saturated heterocycles. The number of likely N-dealkylation sites (tertiary alicyclic amines) is 1. The lowest BCUT2D eigenvalue weighted by molar-refractivity contribution is 0.0478. The normalized spacial score (nSPS) is 15.5. The molecule has 0 N–H and O–H groups in total. The molecule has 0 spiro atoms. The number of hydrogen-bond acceptors (Lipinski definition) is 2. The van der Waals surface area contributed by atoms with E-state index in [-0.39, 0.29) is 5.91 Å². The van der Waals surface area contributed by atoms with Crippen molar-refractivity contribution in [2.75, 3.05) is 19.7 Å². The molecule has 1 amide bonds. The van der Waals surface area contributed by atoms with E-state index in [1.54, 1.807) is 0 Å². The van der Waals surface area contributed by atoms with Gasteiger partial charge in [0.05, 0.1) is 12.2 Å². The maximum Gasteiger partial charge on any atom is 0.254 e. The van der Waals surface area contributed by atoms with Gasteiger partial charge >= 0.3 is 0 Å². The molecule has 0 radical (unpaired) electrons. The summed E-state index contributed by atoms with van der Waals surface area (Å²) in [6.07, 6.45) is 2.01. The molecule has 0 atom stereocenters. The van der Waals surface area contributed by atoms with Crippen molar-refractivity contribution in [3.63, 3.8) is 0 Å². The number of hydrogen-bond donors (Lipinski definition) is 0. The predicted octanol–water partition coefficient (Wildman–Crippen LogP) is 4.52. The van der Waals surface area contributed by atoms with Crippen LogP contribution in [0, 0.1) is 5.92 Å². The van der Waals surface area contributed by atoms with Gasteiger partial charge in [-0.25, -0.2) is 0 Å². The monoisotopic (exact) mass is 387 g/mol. The Kier molecular flexibility index (Phi) is 6.05. The van der Waals surface area contributed by atoms with Crippen LogP contribution >= 0.6 is 15.9 Å². The van der Waals surface area contributed by atoms with Crippen molar-refractivity contribution in [1.82, 2.24) is 4.90 Å². The summed E-state index contributed by atoms with van der Waals surface area (Å²) >= 11 is 3.46. The van der Waals surface area contributed by atoms with E-state index in [1.165, 1.54) is 5.56 Å². The minimum atomic E-state index is 0.117. The highest BCUT2D eigenvalue weighted by Gasteiger charge is 2.24. The molecule has 1 aliphatic heterocycles. The lowest BCUT2D eigenvalue weighted by Crippen LogP contribution is -2.39. The minimum absolute atomic E-state index is 0.117. The van der Waals surface area contributed by atoms with Crippen LogP contribution in [0.5, 0.6) is 0 Å². The summed E-state index contributed by atoms with van der Waals surface area (Å²) in [5, 5.41) is 0. The van der Waals surface area contributed by atoms with E-state index in [0.29, 0.717) is 12.5 Å². The molecule has 126 valence electrons. The van der Waals surface area contributed by atoms with E-state index >= 15 is 0 Å². The summed E-state index contributed by atoms with van der Waals surface area (Å²) in [6, 6.07) is 17.9. The van der Waals surface area contributed by atoms with Gasteiger partial charge in [0.1, 0.15) is 0 Å². The van der Waals surface area contributed by atoms with Gasteiger partial charge < -0.3 is 9.64 Å². The Labute approximate surface area is 151 Å². The van der Waals surface area contributed by atoms with Gasteiger partial charge in [0, 0.05) is 24.2 Å². The Bertz CT molecular complexity index is 666. The van der Waals surface area contributed by atoms with Crippen LogP contribution in [0.15, 0.2) is 59.1 Å². The molecule has 0 aliphatic carbocycles. The van der Waals surface area contributed by atoms with Crippen molar-refractivity contribution in [3.05, 3.63) is 70.2 Å². The van der Waals surface area contributed by atoms with Gasteiger partial charge in [-0.2, -0.15) is 0 Å². The second kappa shape index (κ2) is 8.45. The van der Waals surface area contributed by atoms with Crippen LogP contribution < -0.4 is 0 Å². The maximum atomic E-state index is 12.6. The highest BCUT2D eigenvalue weighted by atomic mass is 79.9. The van der Waals surface area contributed by atoms with Crippen molar-refractivity contribution >= 4 is 21.8 Å². The van der Waals surface area contributed by atoms with E-state index in [2.05, 4.69) is 28.1 Å². The van der Waals surface area contributed by atoms with Gasteiger partial charge in [-0.1, -0.05) is 42.5 Å². The van der Waals surface area contributed by atoms with Crippen LogP contribution in [0.2, 0.25) is 0 Å². The van der Waals surface area contributed by atoms with E-state index < -0.39 is 0 Å². The van der Waals surface area contributed by atoms with E-state index in [4.69, 9.17) is 4.74 Å². The largest absolute Gasteiger partial charge is 0.376 e. The average molecular weight is 388 g/mol. The van der Waals surface area contributed by atoms with E-state index in [1.807, 2.05) is 47.4 Å². The lowest BCUT2D eigenvalue weighted by atomic mass is 9.97. The molecule has 4 heteroatoms. The first kappa shape index (κ1) is 17.2. The average Bonchev–Trinajstić information content (AvgIpc) is 2.63. The predicted molar refractivity (Wildman–Crippen MR) is 98.9 cm³/mol. The molecule has 3 rings (SSSR count). The number of halogens is 1. The fraction of sp³-hybridized carbons (Fsp3) is 0.350. The SMILES string of the molecule is O=C(c1ccccc1Br)N1CCC(COCc2ccccc2)CC1. The third kappa shape index (κ3) is 4.46. The second-order valence-corrected chi connectivity index (χ2v) is 7.07. The van der Waals surface area contributed by atoms with Crippen molar-refractivity contribution in [2.24, 2.45) is 5.92 Å². The maximum absolute atomic E-state index is 12.6. The van der Waals surface area contributed by atoms with Crippen molar-refractivity contribution in [2.45, 2.75) is 19.4 Å². The van der Waals surface area contributed by atoms with Gasteiger partial charge in [-0.15, -0.1) is 0 Å². The van der Waals surface area contributed by atoms with Crippen LogP contribution in [-0.2, 0) is 11.3 Å². The van der Waals surface area contributed by atoms with Crippen LogP contribution in [0.25, 0.3) is 0 Å². The Morgan fingerprint density at radius 2 is 1.71 bits per heavy atom. The Hall–Kier alpha value is -1.65. The lowest BCUT2D eigenvalue weighted by Gasteiger charge is -2.32. The summed E-state index contributed by atoms with van der Waals surface area (Å²) in [6.45, 7) is 3.04.